The summed E-state index contributed by atoms with van der Waals surface area (Å²) >= 11 is 0. The molecule has 0 unspecified atom stereocenters. The van der Waals surface area contributed by atoms with Crippen LogP contribution in [0.2, 0.25) is 0 Å². The fourth-order valence-electron chi connectivity index (χ4n) is 3.49. The minimum Gasteiger partial charge on any atom is -0.496 e. The fourth-order valence-corrected chi connectivity index (χ4v) is 5.19. The third-order valence-electron chi connectivity index (χ3n) is 5.02. The molecule has 1 aromatic rings. The molecule has 0 bridgehead atoms. The summed E-state index contributed by atoms with van der Waals surface area (Å²) in [6.45, 7) is 1.54. The van der Waals surface area contributed by atoms with Gasteiger partial charge in [-0.2, -0.15) is 5.26 Å². The highest BCUT2D eigenvalue weighted by Gasteiger charge is 2.43. The molecule has 0 saturated carbocycles. The number of carbonyl (C=O) groups excluding carboxylic acids is 2. The number of hydrogen-bond donors (Lipinski definition) is 0. The highest BCUT2D eigenvalue weighted by Crippen LogP contribution is 2.30. The van der Waals surface area contributed by atoms with Gasteiger partial charge in [0.25, 0.3) is 11.8 Å². The van der Waals surface area contributed by atoms with Crippen molar-refractivity contribution in [3.05, 3.63) is 58.7 Å². The molecule has 2 heterocycles. The van der Waals surface area contributed by atoms with Crippen molar-refractivity contribution in [1.29, 1.82) is 5.26 Å². The van der Waals surface area contributed by atoms with Crippen LogP contribution in [0.5, 0.6) is 5.75 Å². The van der Waals surface area contributed by atoms with Gasteiger partial charge in [0, 0.05) is 11.1 Å². The number of carbonyl (C=O) groups is 2. The zero-order valence-electron chi connectivity index (χ0n) is 16.1. The molecule has 0 spiro atoms. The van der Waals surface area contributed by atoms with E-state index in [0.717, 1.165) is 10.5 Å². The highest BCUT2D eigenvalue weighted by atomic mass is 32.2. The second-order valence-electron chi connectivity index (χ2n) is 6.83. The Morgan fingerprint density at radius 3 is 2.59 bits per heavy atom. The Morgan fingerprint density at radius 1 is 1.24 bits per heavy atom. The van der Waals surface area contributed by atoms with Gasteiger partial charge in [-0.25, -0.2) is 8.42 Å². The number of methoxy groups -OCH3 is 1. The molecule has 1 atom stereocenters. The predicted octanol–water partition coefficient (Wildman–Crippen LogP) is 2.03. The Morgan fingerprint density at radius 2 is 1.97 bits per heavy atom. The number of allylic oxidation sites excluding steroid dienone is 2. The lowest BCUT2D eigenvalue weighted by atomic mass is 9.93. The molecule has 8 heteroatoms. The molecule has 0 aliphatic carbocycles. The third-order valence-corrected chi connectivity index (χ3v) is 6.77. The first-order valence-electron chi connectivity index (χ1n) is 9.00. The van der Waals surface area contributed by atoms with Crippen LogP contribution >= 0.6 is 0 Å². The number of sulfone groups is 1. The van der Waals surface area contributed by atoms with Crippen LogP contribution < -0.4 is 4.74 Å². The SMILES string of the molecule is COc1ccccc1/C=C/C=C1\C(=O)N([C@@H]2CCS(=O)(=O)C2)C(=O)C(C#N)=C1C. The van der Waals surface area contributed by atoms with Crippen molar-refractivity contribution in [3.8, 4) is 11.8 Å². The van der Waals surface area contributed by atoms with E-state index in [1.807, 2.05) is 24.3 Å². The first-order chi connectivity index (χ1) is 13.8. The molecule has 3 rings (SSSR count). The third kappa shape index (κ3) is 4.00. The molecule has 0 N–H and O–H groups in total. The molecule has 2 aliphatic rings. The van der Waals surface area contributed by atoms with Crippen LogP contribution in [-0.4, -0.2) is 49.8 Å². The van der Waals surface area contributed by atoms with E-state index in [1.165, 1.54) is 6.08 Å². The van der Waals surface area contributed by atoms with E-state index in [4.69, 9.17) is 4.74 Å². The predicted molar refractivity (Wildman–Crippen MR) is 107 cm³/mol. The van der Waals surface area contributed by atoms with E-state index < -0.39 is 27.7 Å². The van der Waals surface area contributed by atoms with Gasteiger partial charge in [-0.05, 0) is 31.1 Å². The standard InChI is InChI=1S/C21H20N2O5S/c1-14-17(8-5-7-15-6-3-4-9-19(15)28-2)20(24)23(21(25)18(14)12-22)16-10-11-29(26,27)13-16/h3-9,16H,10-11,13H2,1-2H3/b7-5+,17-8-/t16-/m1/s1. The van der Waals surface area contributed by atoms with E-state index in [2.05, 4.69) is 0 Å². The Hall–Kier alpha value is -3.18. The minimum atomic E-state index is -3.30. The average Bonchev–Trinajstić information content (AvgIpc) is 3.04. The molecule has 29 heavy (non-hydrogen) atoms. The molecule has 1 saturated heterocycles. The number of hydrogen-bond acceptors (Lipinski definition) is 6. The van der Waals surface area contributed by atoms with Crippen LogP contribution in [0.4, 0.5) is 0 Å². The lowest BCUT2D eigenvalue weighted by Crippen LogP contribution is -2.49. The van der Waals surface area contributed by atoms with Gasteiger partial charge in [0.05, 0.1) is 24.7 Å². The molecule has 7 nitrogen and oxygen atoms in total. The Bertz CT molecular complexity index is 1110. The summed E-state index contributed by atoms with van der Waals surface area (Å²) in [7, 11) is -1.74. The number of amides is 2. The maximum atomic E-state index is 13.0. The summed E-state index contributed by atoms with van der Waals surface area (Å²) in [6.07, 6.45) is 5.11. The van der Waals surface area contributed by atoms with Crippen LogP contribution in [0.25, 0.3) is 6.08 Å². The van der Waals surface area contributed by atoms with Crippen molar-refractivity contribution in [2.45, 2.75) is 19.4 Å². The summed E-state index contributed by atoms with van der Waals surface area (Å²) < 4.78 is 28.9. The lowest BCUT2D eigenvalue weighted by molar-refractivity contribution is -0.142. The number of benzene rings is 1. The summed E-state index contributed by atoms with van der Waals surface area (Å²) in [6, 6.07) is 8.44. The number of nitrogens with zero attached hydrogens (tertiary/aromatic N) is 2. The average molecular weight is 412 g/mol. The smallest absolute Gasteiger partial charge is 0.271 e. The number of rotatable bonds is 4. The molecule has 0 radical (unpaired) electrons. The van der Waals surface area contributed by atoms with Crippen molar-refractivity contribution in [2.24, 2.45) is 0 Å². The Balaban J connectivity index is 1.99. The van der Waals surface area contributed by atoms with Crippen molar-refractivity contribution in [1.82, 2.24) is 4.90 Å². The molecular weight excluding hydrogens is 392 g/mol. The highest BCUT2D eigenvalue weighted by molar-refractivity contribution is 7.91. The monoisotopic (exact) mass is 412 g/mol. The zero-order chi connectivity index (χ0) is 21.2. The van der Waals surface area contributed by atoms with Crippen molar-refractivity contribution in [3.63, 3.8) is 0 Å². The molecule has 150 valence electrons. The van der Waals surface area contributed by atoms with Crippen molar-refractivity contribution >= 4 is 27.7 Å². The van der Waals surface area contributed by atoms with Gasteiger partial charge < -0.3 is 4.74 Å². The molecule has 2 amide bonds. The van der Waals surface area contributed by atoms with E-state index in [0.29, 0.717) is 5.75 Å². The summed E-state index contributed by atoms with van der Waals surface area (Å²) in [4.78, 5) is 26.6. The van der Waals surface area contributed by atoms with Gasteiger partial charge in [0.2, 0.25) is 0 Å². The minimum absolute atomic E-state index is 0.0773. The quantitative estimate of drug-likeness (QED) is 0.554. The molecule has 0 aromatic heterocycles. The number of nitriles is 1. The van der Waals surface area contributed by atoms with Gasteiger partial charge in [0.15, 0.2) is 9.84 Å². The van der Waals surface area contributed by atoms with E-state index in [9.17, 15) is 23.3 Å². The summed E-state index contributed by atoms with van der Waals surface area (Å²) in [5.74, 6) is -1.00. The largest absolute Gasteiger partial charge is 0.496 e. The van der Waals surface area contributed by atoms with Crippen LogP contribution in [0.15, 0.2) is 53.1 Å². The van der Waals surface area contributed by atoms with Crippen molar-refractivity contribution < 1.29 is 22.7 Å². The fraction of sp³-hybridized carbons (Fsp3) is 0.286. The maximum absolute atomic E-state index is 13.0. The maximum Gasteiger partial charge on any atom is 0.271 e. The van der Waals surface area contributed by atoms with E-state index >= 15 is 0 Å². The van der Waals surface area contributed by atoms with Gasteiger partial charge in [0.1, 0.15) is 17.4 Å². The lowest BCUT2D eigenvalue weighted by Gasteiger charge is -2.31. The number of para-hydroxylation sites is 1. The Kier molecular flexibility index (Phi) is 5.71. The molecule has 2 aliphatic heterocycles. The number of ether oxygens (including phenoxy) is 1. The second-order valence-corrected chi connectivity index (χ2v) is 9.06. The molecule has 1 fully saturated rings. The zero-order valence-corrected chi connectivity index (χ0v) is 16.9. The van der Waals surface area contributed by atoms with E-state index in [1.54, 1.807) is 32.3 Å². The van der Waals surface area contributed by atoms with Crippen LogP contribution in [0.1, 0.15) is 18.9 Å². The van der Waals surface area contributed by atoms with Crippen LogP contribution in [-0.2, 0) is 19.4 Å². The first kappa shape index (κ1) is 20.6. The molecular formula is C21H20N2O5S. The normalized spacial score (nSPS) is 23.1. The Labute approximate surface area is 169 Å². The summed E-state index contributed by atoms with van der Waals surface area (Å²) in [5.41, 5.74) is 1.12. The van der Waals surface area contributed by atoms with Crippen LogP contribution in [0.3, 0.4) is 0 Å². The van der Waals surface area contributed by atoms with Gasteiger partial charge in [-0.3, -0.25) is 14.5 Å². The van der Waals surface area contributed by atoms with E-state index in [-0.39, 0.29) is 34.6 Å². The van der Waals surface area contributed by atoms with Gasteiger partial charge >= 0.3 is 0 Å². The van der Waals surface area contributed by atoms with Gasteiger partial charge in [-0.15, -0.1) is 0 Å². The number of imide groups is 1. The summed E-state index contributed by atoms with van der Waals surface area (Å²) in [5, 5.41) is 9.42. The second kappa shape index (κ2) is 8.05. The first-order valence-corrected chi connectivity index (χ1v) is 10.8. The van der Waals surface area contributed by atoms with Crippen LogP contribution in [0, 0.1) is 11.3 Å². The topological polar surface area (TPSA) is 105 Å². The van der Waals surface area contributed by atoms with Gasteiger partial charge in [-0.1, -0.05) is 30.4 Å². The van der Waals surface area contributed by atoms with Crippen molar-refractivity contribution in [2.75, 3.05) is 18.6 Å². The molecule has 1 aromatic carbocycles.